The molecular formula is C22H24FN3O3S. The Hall–Kier alpha value is -2.71. The third-order valence-electron chi connectivity index (χ3n) is 5.36. The predicted molar refractivity (Wildman–Crippen MR) is 113 cm³/mol. The Balaban J connectivity index is 1.79. The van der Waals surface area contributed by atoms with Gasteiger partial charge in [0.1, 0.15) is 5.82 Å². The summed E-state index contributed by atoms with van der Waals surface area (Å²) in [4.78, 5) is 8.60. The summed E-state index contributed by atoms with van der Waals surface area (Å²) in [6, 6.07) is 12.3. The highest BCUT2D eigenvalue weighted by atomic mass is 32.2. The van der Waals surface area contributed by atoms with Gasteiger partial charge in [0.15, 0.2) is 0 Å². The van der Waals surface area contributed by atoms with Gasteiger partial charge in [-0.2, -0.15) is 4.98 Å². The maximum Gasteiger partial charge on any atom is 0.236 e. The van der Waals surface area contributed by atoms with E-state index in [-0.39, 0.29) is 21.7 Å². The first-order chi connectivity index (χ1) is 14.4. The average Bonchev–Trinajstić information content (AvgIpc) is 3.21. The molecule has 4 rings (SSSR count). The lowest BCUT2D eigenvalue weighted by molar-refractivity contribution is 0.266. The van der Waals surface area contributed by atoms with E-state index < -0.39 is 15.7 Å². The summed E-state index contributed by atoms with van der Waals surface area (Å²) in [7, 11) is -3.98. The van der Waals surface area contributed by atoms with Crippen LogP contribution in [0.5, 0.6) is 0 Å². The van der Waals surface area contributed by atoms with Crippen LogP contribution in [0.3, 0.4) is 0 Å². The van der Waals surface area contributed by atoms with E-state index in [0.717, 1.165) is 37.3 Å². The summed E-state index contributed by atoms with van der Waals surface area (Å²) in [6.45, 7) is 7.93. The minimum atomic E-state index is -3.98. The molecule has 1 saturated heterocycles. The number of benzene rings is 2. The standard InChI is InChI=1S/C22H24FN3O3S/c1-3-25-12-14-26(15-13-25)22-21(30(27,28)19-10-8-18(23)9-11-19)24-20(29-22)17-6-4-16(2)5-7-17/h4-11H,3,12-15H2,1-2H3. The van der Waals surface area contributed by atoms with Crippen LogP contribution in [0.25, 0.3) is 11.5 Å². The van der Waals surface area contributed by atoms with E-state index in [9.17, 15) is 12.8 Å². The number of hydrogen-bond donors (Lipinski definition) is 0. The van der Waals surface area contributed by atoms with Crippen LogP contribution in [0, 0.1) is 12.7 Å². The SMILES string of the molecule is CCN1CCN(c2oc(-c3ccc(C)cc3)nc2S(=O)(=O)c2ccc(F)cc2)CC1. The summed E-state index contributed by atoms with van der Waals surface area (Å²) in [5.41, 5.74) is 1.79. The topological polar surface area (TPSA) is 66.7 Å². The highest BCUT2D eigenvalue weighted by Gasteiger charge is 2.32. The van der Waals surface area contributed by atoms with Crippen LogP contribution in [0.2, 0.25) is 0 Å². The number of halogens is 1. The molecule has 0 bridgehead atoms. The summed E-state index contributed by atoms with van der Waals surface area (Å²) in [6.07, 6.45) is 0. The summed E-state index contributed by atoms with van der Waals surface area (Å²) in [5.74, 6) is -0.000353. The first-order valence-electron chi connectivity index (χ1n) is 9.94. The van der Waals surface area contributed by atoms with E-state index >= 15 is 0 Å². The van der Waals surface area contributed by atoms with Crippen LogP contribution in [-0.4, -0.2) is 51.0 Å². The highest BCUT2D eigenvalue weighted by molar-refractivity contribution is 7.91. The van der Waals surface area contributed by atoms with Crippen molar-refractivity contribution in [3.8, 4) is 11.5 Å². The van der Waals surface area contributed by atoms with Crippen molar-refractivity contribution < 1.29 is 17.2 Å². The van der Waals surface area contributed by atoms with E-state index in [1.54, 1.807) is 0 Å². The van der Waals surface area contributed by atoms with Crippen LogP contribution in [0.4, 0.5) is 10.3 Å². The molecule has 30 heavy (non-hydrogen) atoms. The Morgan fingerprint density at radius 2 is 1.63 bits per heavy atom. The molecule has 0 saturated carbocycles. The van der Waals surface area contributed by atoms with Crippen molar-refractivity contribution in [2.24, 2.45) is 0 Å². The van der Waals surface area contributed by atoms with Crippen LogP contribution in [0.15, 0.2) is 62.9 Å². The van der Waals surface area contributed by atoms with Crippen molar-refractivity contribution in [1.82, 2.24) is 9.88 Å². The first kappa shape index (κ1) is 20.6. The molecule has 0 amide bonds. The van der Waals surface area contributed by atoms with Crippen molar-refractivity contribution in [1.29, 1.82) is 0 Å². The molecular weight excluding hydrogens is 405 g/mol. The third kappa shape index (κ3) is 3.97. The van der Waals surface area contributed by atoms with Crippen LogP contribution >= 0.6 is 0 Å². The normalized spacial score (nSPS) is 15.5. The number of rotatable bonds is 5. The number of sulfone groups is 1. The fourth-order valence-electron chi connectivity index (χ4n) is 3.49. The molecule has 158 valence electrons. The van der Waals surface area contributed by atoms with Crippen LogP contribution in [0.1, 0.15) is 12.5 Å². The summed E-state index contributed by atoms with van der Waals surface area (Å²) in [5, 5.41) is -0.130. The molecule has 0 radical (unpaired) electrons. The number of piperazine rings is 1. The van der Waals surface area contributed by atoms with Gasteiger partial charge in [0.2, 0.25) is 26.6 Å². The van der Waals surface area contributed by atoms with Crippen molar-refractivity contribution in [3.63, 3.8) is 0 Å². The quantitative estimate of drug-likeness (QED) is 0.576. The number of oxazole rings is 1. The van der Waals surface area contributed by atoms with E-state index in [4.69, 9.17) is 4.42 Å². The van der Waals surface area contributed by atoms with Gasteiger partial charge < -0.3 is 14.2 Å². The van der Waals surface area contributed by atoms with Gasteiger partial charge in [-0.05, 0) is 49.9 Å². The smallest absolute Gasteiger partial charge is 0.236 e. The molecule has 2 aromatic carbocycles. The molecule has 1 fully saturated rings. The molecule has 8 heteroatoms. The zero-order chi connectivity index (χ0) is 21.3. The molecule has 0 spiro atoms. The minimum Gasteiger partial charge on any atom is -0.419 e. The molecule has 1 aliphatic rings. The number of hydrogen-bond acceptors (Lipinski definition) is 6. The fourth-order valence-corrected chi connectivity index (χ4v) is 4.81. The fraction of sp³-hybridized carbons (Fsp3) is 0.318. The number of nitrogens with zero attached hydrogens (tertiary/aromatic N) is 3. The lowest BCUT2D eigenvalue weighted by atomic mass is 10.1. The van der Waals surface area contributed by atoms with Crippen molar-refractivity contribution in [2.45, 2.75) is 23.8 Å². The second kappa shape index (κ2) is 8.20. The Bertz CT molecular complexity index is 1120. The highest BCUT2D eigenvalue weighted by Crippen LogP contribution is 2.35. The Morgan fingerprint density at radius 1 is 1.00 bits per heavy atom. The van der Waals surface area contributed by atoms with E-state index in [1.165, 1.54) is 12.1 Å². The van der Waals surface area contributed by atoms with Crippen LogP contribution in [-0.2, 0) is 9.84 Å². The lowest BCUT2D eigenvalue weighted by Crippen LogP contribution is -2.46. The van der Waals surface area contributed by atoms with Crippen LogP contribution < -0.4 is 4.90 Å². The average molecular weight is 430 g/mol. The molecule has 0 aliphatic carbocycles. The molecule has 0 unspecified atom stereocenters. The van der Waals surface area contributed by atoms with E-state index in [0.29, 0.717) is 18.7 Å². The second-order valence-electron chi connectivity index (χ2n) is 7.37. The van der Waals surface area contributed by atoms with Gasteiger partial charge in [-0.3, -0.25) is 0 Å². The molecule has 6 nitrogen and oxygen atoms in total. The van der Waals surface area contributed by atoms with Gasteiger partial charge in [-0.25, -0.2) is 12.8 Å². The Labute approximate surface area is 175 Å². The van der Waals surface area contributed by atoms with Crippen molar-refractivity contribution in [2.75, 3.05) is 37.6 Å². The van der Waals surface area contributed by atoms with Gasteiger partial charge in [-0.1, -0.05) is 24.6 Å². The molecule has 2 heterocycles. The summed E-state index contributed by atoms with van der Waals surface area (Å²) < 4.78 is 46.0. The van der Waals surface area contributed by atoms with E-state index in [2.05, 4.69) is 16.8 Å². The largest absolute Gasteiger partial charge is 0.419 e. The molecule has 1 aromatic heterocycles. The number of aromatic nitrogens is 1. The second-order valence-corrected chi connectivity index (χ2v) is 9.24. The van der Waals surface area contributed by atoms with Gasteiger partial charge in [0.05, 0.1) is 4.90 Å². The van der Waals surface area contributed by atoms with Crippen molar-refractivity contribution >= 4 is 15.7 Å². The number of aryl methyl sites for hydroxylation is 1. The number of anilines is 1. The maximum absolute atomic E-state index is 13.3. The predicted octanol–water partition coefficient (Wildman–Crippen LogP) is 3.76. The Morgan fingerprint density at radius 3 is 2.23 bits per heavy atom. The maximum atomic E-state index is 13.3. The molecule has 0 N–H and O–H groups in total. The van der Waals surface area contributed by atoms with Crippen molar-refractivity contribution in [3.05, 3.63) is 59.9 Å². The van der Waals surface area contributed by atoms with Gasteiger partial charge in [0, 0.05) is 31.7 Å². The van der Waals surface area contributed by atoms with Gasteiger partial charge >= 0.3 is 0 Å². The first-order valence-corrected chi connectivity index (χ1v) is 11.4. The minimum absolute atomic E-state index is 0.0129. The molecule has 0 atom stereocenters. The van der Waals surface area contributed by atoms with Gasteiger partial charge in [-0.15, -0.1) is 0 Å². The zero-order valence-corrected chi connectivity index (χ0v) is 17.8. The van der Waals surface area contributed by atoms with Gasteiger partial charge in [0.25, 0.3) is 0 Å². The molecule has 1 aliphatic heterocycles. The monoisotopic (exact) mass is 429 g/mol. The summed E-state index contributed by atoms with van der Waals surface area (Å²) >= 11 is 0. The van der Waals surface area contributed by atoms with E-state index in [1.807, 2.05) is 36.1 Å². The number of likely N-dealkylation sites (N-methyl/N-ethyl adjacent to an activating group) is 1. The molecule has 3 aromatic rings. The third-order valence-corrected chi connectivity index (χ3v) is 7.03. The zero-order valence-electron chi connectivity index (χ0n) is 17.0. The Kier molecular flexibility index (Phi) is 5.62. The lowest BCUT2D eigenvalue weighted by Gasteiger charge is -2.33.